The zero-order valence-electron chi connectivity index (χ0n) is 14.6. The minimum Gasteiger partial charge on any atom is -0.503 e. The number of carbonyl (C=O) groups excluding carboxylic acids is 2. The van der Waals surface area contributed by atoms with Gasteiger partial charge in [-0.15, -0.1) is 0 Å². The Hall–Kier alpha value is -2.84. The minimum atomic E-state index is -4.70. The fourth-order valence-corrected chi connectivity index (χ4v) is 2.13. The van der Waals surface area contributed by atoms with Gasteiger partial charge in [-0.05, 0) is 6.42 Å². The summed E-state index contributed by atoms with van der Waals surface area (Å²) >= 11 is 0. The first kappa shape index (κ1) is 22.2. The molecule has 1 aromatic heterocycles. The van der Waals surface area contributed by atoms with E-state index in [1.54, 1.807) is 6.92 Å². The number of nitrogens with one attached hydrogen (secondary N) is 2. The van der Waals surface area contributed by atoms with Gasteiger partial charge >= 0.3 is 16.3 Å². The second-order valence-electron chi connectivity index (χ2n) is 5.36. The fourth-order valence-electron chi connectivity index (χ4n) is 1.88. The summed E-state index contributed by atoms with van der Waals surface area (Å²) in [6.07, 6.45) is 1.25. The van der Waals surface area contributed by atoms with Crippen LogP contribution in [0.2, 0.25) is 0 Å². The van der Waals surface area contributed by atoms with E-state index in [0.717, 1.165) is 13.1 Å². The third-order valence-electron chi connectivity index (χ3n) is 3.29. The number of pyridine rings is 1. The maximum absolute atomic E-state index is 12.0. The second-order valence-corrected chi connectivity index (χ2v) is 6.80. The summed E-state index contributed by atoms with van der Waals surface area (Å²) in [6.45, 7) is 2.12. The van der Waals surface area contributed by atoms with E-state index in [9.17, 15) is 28.0 Å². The van der Waals surface area contributed by atoms with E-state index >= 15 is 0 Å². The molecule has 0 saturated carbocycles. The zero-order valence-corrected chi connectivity index (χ0v) is 15.4. The molecular weight excluding hydrogens is 386 g/mol. The van der Waals surface area contributed by atoms with Gasteiger partial charge in [0.05, 0.1) is 6.20 Å². The van der Waals surface area contributed by atoms with Crippen molar-refractivity contribution < 1.29 is 32.9 Å². The van der Waals surface area contributed by atoms with Crippen LogP contribution in [0.5, 0.6) is 5.75 Å². The SMILES string of the molecule is CCCN(CCNC(=O)c1cc(=O)c(O)cn1O)NC(=O)N(C)S(=O)(=O)O. The zero-order chi connectivity index (χ0) is 20.8. The van der Waals surface area contributed by atoms with Crippen LogP contribution in [0.1, 0.15) is 23.8 Å². The van der Waals surface area contributed by atoms with Crippen molar-refractivity contribution in [3.63, 3.8) is 0 Å². The van der Waals surface area contributed by atoms with E-state index in [2.05, 4.69) is 10.7 Å². The van der Waals surface area contributed by atoms with Gasteiger partial charge in [-0.1, -0.05) is 6.92 Å². The Labute approximate surface area is 154 Å². The molecule has 0 aliphatic rings. The number of rotatable bonds is 8. The number of aromatic nitrogens is 1. The van der Waals surface area contributed by atoms with Crippen LogP contribution in [-0.2, 0) is 10.3 Å². The van der Waals surface area contributed by atoms with Gasteiger partial charge in [0.25, 0.3) is 5.91 Å². The predicted octanol–water partition coefficient (Wildman–Crippen LogP) is -1.41. The van der Waals surface area contributed by atoms with Crippen molar-refractivity contribution in [2.45, 2.75) is 13.3 Å². The van der Waals surface area contributed by atoms with E-state index in [1.807, 2.05) is 0 Å². The predicted molar refractivity (Wildman–Crippen MR) is 91.6 cm³/mol. The Bertz CT molecular complexity index is 853. The molecule has 14 heteroatoms. The van der Waals surface area contributed by atoms with Gasteiger partial charge in [-0.3, -0.25) is 19.6 Å². The number of hydrazine groups is 1. The van der Waals surface area contributed by atoms with Crippen molar-refractivity contribution in [2.24, 2.45) is 0 Å². The largest absolute Gasteiger partial charge is 0.503 e. The van der Waals surface area contributed by atoms with Crippen LogP contribution in [0.3, 0.4) is 0 Å². The van der Waals surface area contributed by atoms with Crippen molar-refractivity contribution in [1.29, 1.82) is 0 Å². The van der Waals surface area contributed by atoms with E-state index in [0.29, 0.717) is 23.9 Å². The average Bonchev–Trinajstić information content (AvgIpc) is 2.56. The number of urea groups is 1. The molecule has 0 saturated heterocycles. The van der Waals surface area contributed by atoms with E-state index < -0.39 is 39.1 Å². The van der Waals surface area contributed by atoms with Crippen molar-refractivity contribution in [1.82, 2.24) is 24.8 Å². The smallest absolute Gasteiger partial charge is 0.363 e. The summed E-state index contributed by atoms with van der Waals surface area (Å²) in [5, 5.41) is 22.4. The molecule has 0 spiro atoms. The van der Waals surface area contributed by atoms with Gasteiger partial charge in [0.1, 0.15) is 5.69 Å². The van der Waals surface area contributed by atoms with Crippen molar-refractivity contribution in [3.05, 3.63) is 28.2 Å². The van der Waals surface area contributed by atoms with Crippen LogP contribution in [0.25, 0.3) is 0 Å². The topological polar surface area (TPSA) is 182 Å². The quantitative estimate of drug-likeness (QED) is 0.196. The molecule has 0 atom stereocenters. The van der Waals surface area contributed by atoms with Gasteiger partial charge in [0.2, 0.25) is 5.43 Å². The molecule has 0 aliphatic carbocycles. The average molecular weight is 407 g/mol. The van der Waals surface area contributed by atoms with Crippen LogP contribution >= 0.6 is 0 Å². The molecule has 1 heterocycles. The van der Waals surface area contributed by atoms with Crippen LogP contribution in [0.15, 0.2) is 17.1 Å². The summed E-state index contributed by atoms with van der Waals surface area (Å²) in [5.74, 6) is -1.54. The summed E-state index contributed by atoms with van der Waals surface area (Å²) in [4.78, 5) is 35.1. The number of hydrogen-bond acceptors (Lipinski definition) is 8. The molecule has 0 unspecified atom stereocenters. The standard InChI is InChI=1S/C13H21N5O8S/c1-3-5-17(15-13(22)16(2)27(24,25)26)6-4-14-12(21)9-7-10(19)11(20)8-18(9)23/h7-8,20,23H,3-6H2,1-2H3,(H,14,21)(H,15,22)(H,24,25,26). The Morgan fingerprint density at radius 2 is 1.93 bits per heavy atom. The van der Waals surface area contributed by atoms with Crippen LogP contribution in [0, 0.1) is 0 Å². The third-order valence-corrected chi connectivity index (χ3v) is 4.15. The lowest BCUT2D eigenvalue weighted by atomic mass is 10.3. The molecule has 27 heavy (non-hydrogen) atoms. The molecule has 1 aromatic rings. The number of nitrogens with zero attached hydrogens (tertiary/aromatic N) is 3. The molecule has 0 bridgehead atoms. The molecule has 0 aliphatic heterocycles. The summed E-state index contributed by atoms with van der Waals surface area (Å²) in [6, 6.07) is -0.350. The Kier molecular flexibility index (Phi) is 7.56. The van der Waals surface area contributed by atoms with Crippen LogP contribution in [-0.4, -0.2) is 75.9 Å². The lowest BCUT2D eigenvalue weighted by Crippen LogP contribution is -2.51. The fraction of sp³-hybridized carbons (Fsp3) is 0.462. The Balaban J connectivity index is 2.67. The highest BCUT2D eigenvalue weighted by Gasteiger charge is 2.22. The normalized spacial score (nSPS) is 11.3. The summed E-state index contributed by atoms with van der Waals surface area (Å²) in [7, 11) is -3.84. The molecule has 0 fully saturated rings. The lowest BCUT2D eigenvalue weighted by Gasteiger charge is -2.25. The Morgan fingerprint density at radius 3 is 2.48 bits per heavy atom. The van der Waals surface area contributed by atoms with Gasteiger partial charge in [-0.25, -0.2) is 14.1 Å². The second kappa shape index (κ2) is 9.20. The minimum absolute atomic E-state index is 0.0379. The molecular formula is C13H21N5O8S. The van der Waals surface area contributed by atoms with E-state index in [-0.39, 0.29) is 17.4 Å². The maximum atomic E-state index is 12.0. The Morgan fingerprint density at radius 1 is 1.30 bits per heavy atom. The number of aromatic hydroxyl groups is 1. The van der Waals surface area contributed by atoms with Crippen LogP contribution in [0.4, 0.5) is 4.79 Å². The molecule has 13 nitrogen and oxygen atoms in total. The molecule has 0 radical (unpaired) electrons. The van der Waals surface area contributed by atoms with Crippen molar-refractivity contribution in [2.75, 3.05) is 26.7 Å². The van der Waals surface area contributed by atoms with E-state index in [1.165, 1.54) is 5.01 Å². The monoisotopic (exact) mass is 407 g/mol. The van der Waals surface area contributed by atoms with Gasteiger partial charge in [0, 0.05) is 32.7 Å². The molecule has 1 rings (SSSR count). The van der Waals surface area contributed by atoms with Crippen LogP contribution < -0.4 is 16.2 Å². The van der Waals surface area contributed by atoms with E-state index in [4.69, 9.17) is 9.66 Å². The summed E-state index contributed by atoms with van der Waals surface area (Å²) in [5.41, 5.74) is 1.00. The highest BCUT2D eigenvalue weighted by molar-refractivity contribution is 7.83. The third kappa shape index (κ3) is 6.43. The molecule has 0 aromatic carbocycles. The highest BCUT2D eigenvalue weighted by atomic mass is 32.2. The van der Waals surface area contributed by atoms with Crippen molar-refractivity contribution >= 4 is 22.2 Å². The van der Waals surface area contributed by atoms with Crippen molar-refractivity contribution in [3.8, 4) is 5.75 Å². The molecule has 152 valence electrons. The first-order valence-electron chi connectivity index (χ1n) is 7.67. The number of amides is 3. The van der Waals surface area contributed by atoms with Gasteiger partial charge in [-0.2, -0.15) is 13.1 Å². The molecule has 3 amide bonds. The lowest BCUT2D eigenvalue weighted by molar-refractivity contribution is 0.0888. The summed E-state index contributed by atoms with van der Waals surface area (Å²) < 4.78 is 31.1. The first-order chi connectivity index (χ1) is 12.5. The number of hydrogen-bond donors (Lipinski definition) is 5. The maximum Gasteiger partial charge on any atom is 0.363 e. The van der Waals surface area contributed by atoms with Gasteiger partial charge < -0.3 is 15.6 Å². The number of carbonyl (C=O) groups is 2. The van der Waals surface area contributed by atoms with Gasteiger partial charge in [0.15, 0.2) is 5.75 Å². The molecule has 5 N–H and O–H groups in total. The first-order valence-corrected chi connectivity index (χ1v) is 9.07. The highest BCUT2D eigenvalue weighted by Crippen LogP contribution is 2.02.